The minimum absolute atomic E-state index is 0.178. The fourth-order valence-corrected chi connectivity index (χ4v) is 2.40. The predicted octanol–water partition coefficient (Wildman–Crippen LogP) is 2.31. The van der Waals surface area contributed by atoms with E-state index in [-0.39, 0.29) is 6.03 Å². The number of likely N-dealkylation sites (N-methyl/N-ethyl adjacent to an activating group) is 1. The van der Waals surface area contributed by atoms with Crippen molar-refractivity contribution in [2.24, 2.45) is 5.92 Å². The molecule has 2 N–H and O–H groups in total. The Morgan fingerprint density at radius 3 is 2.86 bits per heavy atom. The van der Waals surface area contributed by atoms with Gasteiger partial charge in [-0.1, -0.05) is 12.1 Å². The maximum Gasteiger partial charge on any atom is 0.317 e. The topological polar surface area (TPSA) is 61.8 Å². The molecule has 122 valence electrons. The summed E-state index contributed by atoms with van der Waals surface area (Å²) < 4.78 is 5.61. The van der Waals surface area contributed by atoms with Gasteiger partial charge >= 0.3 is 6.03 Å². The number of nitrogens with one attached hydrogen (secondary N) is 1. The van der Waals surface area contributed by atoms with E-state index in [0.717, 1.165) is 29.7 Å². The van der Waals surface area contributed by atoms with E-state index in [9.17, 15) is 9.90 Å². The predicted molar refractivity (Wildman–Crippen MR) is 85.9 cm³/mol. The Morgan fingerprint density at radius 2 is 2.23 bits per heavy atom. The number of hydrogen-bond acceptors (Lipinski definition) is 3. The molecule has 0 spiro atoms. The summed E-state index contributed by atoms with van der Waals surface area (Å²) >= 11 is 0. The molecule has 1 saturated carbocycles. The van der Waals surface area contributed by atoms with E-state index in [1.54, 1.807) is 7.05 Å². The van der Waals surface area contributed by atoms with E-state index >= 15 is 0 Å². The molecule has 22 heavy (non-hydrogen) atoms. The highest BCUT2D eigenvalue weighted by Gasteiger charge is 2.31. The number of nitrogens with zero attached hydrogens (tertiary/aromatic N) is 1. The molecule has 5 heteroatoms. The number of amides is 2. The molecule has 0 bridgehead atoms. The maximum absolute atomic E-state index is 12.1. The van der Waals surface area contributed by atoms with Crippen molar-refractivity contribution in [1.29, 1.82) is 0 Å². The highest BCUT2D eigenvalue weighted by atomic mass is 16.5. The SMILES string of the molecule is CCOc1cc(C)ccc1CNC(=O)N(C)CC(O)C1CC1. The van der Waals surface area contributed by atoms with E-state index in [4.69, 9.17) is 4.74 Å². The first-order chi connectivity index (χ1) is 10.5. The molecule has 5 nitrogen and oxygen atoms in total. The average molecular weight is 306 g/mol. The fourth-order valence-electron chi connectivity index (χ4n) is 2.40. The first-order valence-electron chi connectivity index (χ1n) is 7.90. The van der Waals surface area contributed by atoms with Gasteiger partial charge in [0, 0.05) is 25.7 Å². The van der Waals surface area contributed by atoms with Crippen molar-refractivity contribution in [2.75, 3.05) is 20.2 Å². The van der Waals surface area contributed by atoms with Crippen LogP contribution in [0.25, 0.3) is 0 Å². The summed E-state index contributed by atoms with van der Waals surface area (Å²) in [5.41, 5.74) is 2.08. The molecule has 1 atom stereocenters. The van der Waals surface area contributed by atoms with Crippen LogP contribution in [-0.2, 0) is 6.54 Å². The first kappa shape index (κ1) is 16.6. The molecule has 1 aromatic rings. The van der Waals surface area contributed by atoms with Crippen LogP contribution in [0.5, 0.6) is 5.75 Å². The van der Waals surface area contributed by atoms with Crippen molar-refractivity contribution >= 4 is 6.03 Å². The minimum atomic E-state index is -0.408. The van der Waals surface area contributed by atoms with Crippen molar-refractivity contribution < 1.29 is 14.6 Å². The molecule has 1 unspecified atom stereocenters. The number of hydrogen-bond donors (Lipinski definition) is 2. The summed E-state index contributed by atoms with van der Waals surface area (Å²) in [6.07, 6.45) is 1.73. The van der Waals surface area contributed by atoms with E-state index in [1.165, 1.54) is 4.90 Å². The number of ether oxygens (including phenoxy) is 1. The van der Waals surface area contributed by atoms with Gasteiger partial charge in [0.1, 0.15) is 5.75 Å². The van der Waals surface area contributed by atoms with Gasteiger partial charge in [-0.25, -0.2) is 4.79 Å². The monoisotopic (exact) mass is 306 g/mol. The molecule has 0 saturated heterocycles. The van der Waals surface area contributed by atoms with Crippen LogP contribution in [0.15, 0.2) is 18.2 Å². The van der Waals surface area contributed by atoms with Gasteiger partial charge in [0.2, 0.25) is 0 Å². The average Bonchev–Trinajstić information content (AvgIpc) is 3.31. The lowest BCUT2D eigenvalue weighted by atomic mass is 10.1. The number of urea groups is 1. The third kappa shape index (κ3) is 4.63. The van der Waals surface area contributed by atoms with Crippen LogP contribution in [-0.4, -0.2) is 42.3 Å². The second-order valence-corrected chi connectivity index (χ2v) is 5.99. The highest BCUT2D eigenvalue weighted by molar-refractivity contribution is 5.74. The Kier molecular flexibility index (Phi) is 5.66. The molecular formula is C17H26N2O3. The number of benzene rings is 1. The third-order valence-corrected chi connectivity index (χ3v) is 3.93. The van der Waals surface area contributed by atoms with Crippen LogP contribution < -0.4 is 10.1 Å². The Hall–Kier alpha value is -1.75. The molecule has 1 aliphatic carbocycles. The molecule has 1 fully saturated rings. The minimum Gasteiger partial charge on any atom is -0.494 e. The van der Waals surface area contributed by atoms with Crippen LogP contribution in [0.1, 0.15) is 30.9 Å². The lowest BCUT2D eigenvalue weighted by Crippen LogP contribution is -2.41. The molecule has 0 aliphatic heterocycles. The summed E-state index contributed by atoms with van der Waals surface area (Å²) in [5, 5.41) is 12.8. The summed E-state index contributed by atoms with van der Waals surface area (Å²) in [5.74, 6) is 1.18. The van der Waals surface area contributed by atoms with Crippen LogP contribution >= 0.6 is 0 Å². The van der Waals surface area contributed by atoms with Gasteiger partial charge in [-0.2, -0.15) is 0 Å². The zero-order valence-electron chi connectivity index (χ0n) is 13.6. The lowest BCUT2D eigenvalue weighted by molar-refractivity contribution is 0.113. The van der Waals surface area contributed by atoms with Crippen molar-refractivity contribution in [3.05, 3.63) is 29.3 Å². The second kappa shape index (κ2) is 7.49. The number of aliphatic hydroxyl groups is 1. The van der Waals surface area contributed by atoms with Gasteiger partial charge in [-0.15, -0.1) is 0 Å². The quantitative estimate of drug-likeness (QED) is 0.812. The largest absolute Gasteiger partial charge is 0.494 e. The fraction of sp³-hybridized carbons (Fsp3) is 0.588. The highest BCUT2D eigenvalue weighted by Crippen LogP contribution is 2.32. The van der Waals surface area contributed by atoms with Crippen LogP contribution in [0.2, 0.25) is 0 Å². The third-order valence-electron chi connectivity index (χ3n) is 3.93. The van der Waals surface area contributed by atoms with Crippen molar-refractivity contribution in [1.82, 2.24) is 10.2 Å². The molecule has 0 aromatic heterocycles. The van der Waals surface area contributed by atoms with Gasteiger partial charge in [0.15, 0.2) is 0 Å². The first-order valence-corrected chi connectivity index (χ1v) is 7.90. The van der Waals surface area contributed by atoms with Crippen molar-refractivity contribution in [2.45, 2.75) is 39.3 Å². The smallest absolute Gasteiger partial charge is 0.317 e. The summed E-state index contributed by atoms with van der Waals surface area (Å²) in [6, 6.07) is 5.78. The zero-order chi connectivity index (χ0) is 16.1. The normalized spacial score (nSPS) is 15.3. The van der Waals surface area contributed by atoms with Crippen LogP contribution in [0.3, 0.4) is 0 Å². The lowest BCUT2D eigenvalue weighted by Gasteiger charge is -2.21. The molecule has 1 aliphatic rings. The van der Waals surface area contributed by atoms with Crippen LogP contribution in [0.4, 0.5) is 4.79 Å². The van der Waals surface area contributed by atoms with E-state index in [1.807, 2.05) is 32.0 Å². The number of aliphatic hydroxyl groups excluding tert-OH is 1. The molecule has 0 heterocycles. The number of rotatable bonds is 7. The number of carbonyl (C=O) groups excluding carboxylic acids is 1. The second-order valence-electron chi connectivity index (χ2n) is 5.99. The Bertz CT molecular complexity index is 515. The number of carbonyl (C=O) groups is 1. The summed E-state index contributed by atoms with van der Waals surface area (Å²) in [6.45, 7) is 5.34. The Labute approximate surface area is 132 Å². The Balaban J connectivity index is 1.87. The van der Waals surface area contributed by atoms with E-state index in [0.29, 0.717) is 25.6 Å². The van der Waals surface area contributed by atoms with Gasteiger partial charge in [0.05, 0.1) is 12.7 Å². The zero-order valence-corrected chi connectivity index (χ0v) is 13.6. The summed E-state index contributed by atoms with van der Waals surface area (Å²) in [7, 11) is 1.71. The van der Waals surface area contributed by atoms with Gasteiger partial charge < -0.3 is 20.1 Å². The summed E-state index contributed by atoms with van der Waals surface area (Å²) in [4.78, 5) is 13.6. The van der Waals surface area contributed by atoms with Crippen LogP contribution in [0, 0.1) is 12.8 Å². The van der Waals surface area contributed by atoms with E-state index in [2.05, 4.69) is 5.32 Å². The molecule has 0 radical (unpaired) electrons. The molecule has 1 aromatic carbocycles. The Morgan fingerprint density at radius 1 is 1.50 bits per heavy atom. The van der Waals surface area contributed by atoms with Gasteiger partial charge in [-0.3, -0.25) is 0 Å². The van der Waals surface area contributed by atoms with Crippen molar-refractivity contribution in [3.8, 4) is 5.75 Å². The molecule has 2 rings (SSSR count). The standard InChI is InChI=1S/C17H26N2O3/c1-4-22-16-9-12(2)5-6-14(16)10-18-17(21)19(3)11-15(20)13-7-8-13/h5-6,9,13,15,20H,4,7-8,10-11H2,1-3H3,(H,18,21). The molecular weight excluding hydrogens is 280 g/mol. The van der Waals surface area contributed by atoms with Gasteiger partial charge in [0.25, 0.3) is 0 Å². The van der Waals surface area contributed by atoms with E-state index < -0.39 is 6.10 Å². The van der Waals surface area contributed by atoms with Crippen molar-refractivity contribution in [3.63, 3.8) is 0 Å². The van der Waals surface area contributed by atoms with Gasteiger partial charge in [-0.05, 0) is 44.2 Å². The maximum atomic E-state index is 12.1. The number of aryl methyl sites for hydroxylation is 1. The molecule has 2 amide bonds.